The van der Waals surface area contributed by atoms with E-state index in [0.717, 1.165) is 24.3 Å². The molecule has 1 aliphatic heterocycles. The van der Waals surface area contributed by atoms with Crippen molar-refractivity contribution in [3.05, 3.63) is 34.2 Å². The zero-order valence-electron chi connectivity index (χ0n) is 15.4. The lowest BCUT2D eigenvalue weighted by Gasteiger charge is -2.15. The number of fused-ring (bicyclic) bond motifs is 1. The molecule has 0 saturated carbocycles. The largest absolute Gasteiger partial charge is 0.462 e. The monoisotopic (exact) mass is 431 g/mol. The van der Waals surface area contributed by atoms with Gasteiger partial charge in [-0.2, -0.15) is 9.97 Å². The van der Waals surface area contributed by atoms with E-state index in [4.69, 9.17) is 27.8 Å². The first kappa shape index (κ1) is 19.4. The first-order valence-corrected chi connectivity index (χ1v) is 10.2. The predicted octanol–water partition coefficient (Wildman–Crippen LogP) is 2.69. The minimum atomic E-state index is -0.627. The molecule has 4 N–H and O–H groups in total. The fourth-order valence-corrected chi connectivity index (χ4v) is 4.41. The normalized spacial score (nSPS) is 14.0. The van der Waals surface area contributed by atoms with Gasteiger partial charge in [0.15, 0.2) is 0 Å². The van der Waals surface area contributed by atoms with Crippen LogP contribution >= 0.6 is 22.9 Å². The van der Waals surface area contributed by atoms with Crippen LogP contribution in [0, 0.1) is 0 Å². The smallest absolute Gasteiger partial charge is 0.318 e. The number of benzene rings is 1. The van der Waals surface area contributed by atoms with Gasteiger partial charge in [0, 0.05) is 23.6 Å². The molecule has 8 nitrogen and oxygen atoms in total. The van der Waals surface area contributed by atoms with E-state index in [1.807, 2.05) is 6.07 Å². The van der Waals surface area contributed by atoms with Crippen LogP contribution in [0.3, 0.4) is 0 Å². The number of hydrogen-bond acceptors (Lipinski definition) is 7. The summed E-state index contributed by atoms with van der Waals surface area (Å²) in [6, 6.07) is 7.26. The number of likely N-dealkylation sites (tertiary alicyclic amines) is 1. The second kappa shape index (κ2) is 7.84. The maximum atomic E-state index is 11.7. The number of amides is 2. The number of hydrogen-bond donors (Lipinski definition) is 2. The van der Waals surface area contributed by atoms with Crippen molar-refractivity contribution in [2.75, 3.05) is 25.4 Å². The second-order valence-corrected chi connectivity index (χ2v) is 8.02. The van der Waals surface area contributed by atoms with Crippen molar-refractivity contribution in [1.29, 1.82) is 0 Å². The number of halogens is 1. The first-order valence-electron chi connectivity index (χ1n) is 9.00. The average molecular weight is 432 g/mol. The molecule has 4 rings (SSSR count). The van der Waals surface area contributed by atoms with Crippen LogP contribution in [-0.2, 0) is 4.79 Å². The highest BCUT2D eigenvalue weighted by Crippen LogP contribution is 2.39. The van der Waals surface area contributed by atoms with E-state index < -0.39 is 5.91 Å². The topological polar surface area (TPSA) is 124 Å². The van der Waals surface area contributed by atoms with Gasteiger partial charge in [-0.1, -0.05) is 23.7 Å². The Kier molecular flexibility index (Phi) is 5.25. The van der Waals surface area contributed by atoms with E-state index in [1.54, 1.807) is 23.1 Å². The van der Waals surface area contributed by atoms with Crippen molar-refractivity contribution in [2.24, 2.45) is 5.73 Å². The maximum absolute atomic E-state index is 11.7. The SMILES string of the molecule is NC(=O)c1sc2nc(OCCN3CCCC3=O)nc(-c3cccc(Cl)c3)c2c1N. The highest BCUT2D eigenvalue weighted by molar-refractivity contribution is 7.21. The van der Waals surface area contributed by atoms with Crippen molar-refractivity contribution in [2.45, 2.75) is 12.8 Å². The Bertz CT molecular complexity index is 1120. The predicted molar refractivity (Wildman–Crippen MR) is 112 cm³/mol. The first-order chi connectivity index (χ1) is 13.9. The number of carbonyl (C=O) groups excluding carboxylic acids is 2. The van der Waals surface area contributed by atoms with Gasteiger partial charge >= 0.3 is 6.01 Å². The Hall–Kier alpha value is -2.91. The van der Waals surface area contributed by atoms with E-state index in [0.29, 0.717) is 39.5 Å². The molecule has 0 atom stereocenters. The zero-order valence-corrected chi connectivity index (χ0v) is 16.9. The molecular formula is C19H18ClN5O3S. The van der Waals surface area contributed by atoms with Crippen molar-refractivity contribution >= 4 is 50.7 Å². The summed E-state index contributed by atoms with van der Waals surface area (Å²) >= 11 is 7.23. The standard InChI is InChI=1S/C19H18ClN5O3S/c20-11-4-1-3-10(9-11)15-13-14(21)16(17(22)27)29-18(13)24-19(23-15)28-8-7-25-6-2-5-12(25)26/h1,3-4,9H,2,5-8,21H2,(H2,22,27). The molecule has 0 aliphatic carbocycles. The van der Waals surface area contributed by atoms with E-state index >= 15 is 0 Å². The van der Waals surface area contributed by atoms with Gasteiger partial charge in [0.2, 0.25) is 5.91 Å². The molecule has 29 heavy (non-hydrogen) atoms. The van der Waals surface area contributed by atoms with Crippen LogP contribution in [0.1, 0.15) is 22.5 Å². The van der Waals surface area contributed by atoms with Crippen molar-refractivity contribution < 1.29 is 14.3 Å². The fraction of sp³-hybridized carbons (Fsp3) is 0.263. The molecule has 1 aromatic carbocycles. The van der Waals surface area contributed by atoms with Crippen LogP contribution in [-0.4, -0.2) is 46.4 Å². The molecule has 0 bridgehead atoms. The molecule has 3 heterocycles. The van der Waals surface area contributed by atoms with Gasteiger partial charge in [0.25, 0.3) is 5.91 Å². The molecular weight excluding hydrogens is 414 g/mol. The Morgan fingerprint density at radius 2 is 2.17 bits per heavy atom. The number of anilines is 1. The third-order valence-electron chi connectivity index (χ3n) is 4.65. The molecule has 0 unspecified atom stereocenters. The van der Waals surface area contributed by atoms with Crippen molar-refractivity contribution in [3.8, 4) is 17.3 Å². The molecule has 1 aliphatic rings. The van der Waals surface area contributed by atoms with Gasteiger partial charge in [-0.05, 0) is 18.6 Å². The molecule has 1 fully saturated rings. The Balaban J connectivity index is 1.72. The number of carbonyl (C=O) groups is 2. The number of rotatable bonds is 6. The van der Waals surface area contributed by atoms with Crippen LogP contribution in [0.25, 0.3) is 21.5 Å². The maximum Gasteiger partial charge on any atom is 0.318 e. The summed E-state index contributed by atoms with van der Waals surface area (Å²) in [4.78, 5) is 34.8. The number of nitrogens with zero attached hydrogens (tertiary/aromatic N) is 3. The number of primary amides is 1. The summed E-state index contributed by atoms with van der Waals surface area (Å²) in [5.74, 6) is -0.501. The minimum absolute atomic E-state index is 0.127. The lowest BCUT2D eigenvalue weighted by atomic mass is 10.1. The molecule has 10 heteroatoms. The quantitative estimate of drug-likeness (QED) is 0.618. The summed E-state index contributed by atoms with van der Waals surface area (Å²) in [5, 5.41) is 1.07. The highest BCUT2D eigenvalue weighted by Gasteiger charge is 2.22. The fourth-order valence-electron chi connectivity index (χ4n) is 3.28. The number of ether oxygens (including phenoxy) is 1. The van der Waals surface area contributed by atoms with Crippen LogP contribution in [0.2, 0.25) is 5.02 Å². The lowest BCUT2D eigenvalue weighted by molar-refractivity contribution is -0.128. The van der Waals surface area contributed by atoms with Gasteiger partial charge in [0.05, 0.1) is 23.3 Å². The number of nitrogen functional groups attached to an aromatic ring is 1. The van der Waals surface area contributed by atoms with Crippen molar-refractivity contribution in [1.82, 2.24) is 14.9 Å². The van der Waals surface area contributed by atoms with E-state index in [1.165, 1.54) is 0 Å². The van der Waals surface area contributed by atoms with Crippen LogP contribution in [0.5, 0.6) is 6.01 Å². The zero-order chi connectivity index (χ0) is 20.5. The number of thiophene rings is 1. The summed E-state index contributed by atoms with van der Waals surface area (Å²) < 4.78 is 5.73. The van der Waals surface area contributed by atoms with Crippen LogP contribution in [0.4, 0.5) is 5.69 Å². The van der Waals surface area contributed by atoms with Gasteiger partial charge in [-0.25, -0.2) is 0 Å². The Morgan fingerprint density at radius 1 is 1.34 bits per heavy atom. The minimum Gasteiger partial charge on any atom is -0.462 e. The molecule has 2 aromatic heterocycles. The summed E-state index contributed by atoms with van der Waals surface area (Å²) in [6.45, 7) is 1.46. The van der Waals surface area contributed by atoms with Crippen LogP contribution < -0.4 is 16.2 Å². The Labute approximate surface area is 175 Å². The van der Waals surface area contributed by atoms with Gasteiger partial charge < -0.3 is 21.1 Å². The molecule has 150 valence electrons. The number of nitrogens with two attached hydrogens (primary N) is 2. The third kappa shape index (κ3) is 3.83. The average Bonchev–Trinajstić information content (AvgIpc) is 3.24. The summed E-state index contributed by atoms with van der Waals surface area (Å²) in [6.07, 6.45) is 1.44. The van der Waals surface area contributed by atoms with Crippen LogP contribution in [0.15, 0.2) is 24.3 Å². The molecule has 0 spiro atoms. The lowest BCUT2D eigenvalue weighted by Crippen LogP contribution is -2.29. The molecule has 3 aromatic rings. The number of aromatic nitrogens is 2. The van der Waals surface area contributed by atoms with E-state index in [2.05, 4.69) is 9.97 Å². The van der Waals surface area contributed by atoms with Gasteiger partial charge in [-0.15, -0.1) is 11.3 Å². The highest BCUT2D eigenvalue weighted by atomic mass is 35.5. The molecule has 0 radical (unpaired) electrons. The summed E-state index contributed by atoms with van der Waals surface area (Å²) in [7, 11) is 0. The third-order valence-corrected chi connectivity index (χ3v) is 6.00. The molecule has 2 amide bonds. The van der Waals surface area contributed by atoms with E-state index in [9.17, 15) is 9.59 Å². The van der Waals surface area contributed by atoms with Gasteiger partial charge in [0.1, 0.15) is 16.3 Å². The van der Waals surface area contributed by atoms with Gasteiger partial charge in [-0.3, -0.25) is 9.59 Å². The second-order valence-electron chi connectivity index (χ2n) is 6.59. The summed E-state index contributed by atoms with van der Waals surface area (Å²) in [5.41, 5.74) is 13.1. The van der Waals surface area contributed by atoms with E-state index in [-0.39, 0.29) is 29.1 Å². The van der Waals surface area contributed by atoms with Crippen molar-refractivity contribution in [3.63, 3.8) is 0 Å². The molecule has 1 saturated heterocycles. The Morgan fingerprint density at radius 3 is 2.86 bits per heavy atom.